The van der Waals surface area contributed by atoms with Gasteiger partial charge in [0, 0.05) is 5.56 Å². The molecule has 2 aromatic carbocycles. The van der Waals surface area contributed by atoms with E-state index in [1.165, 1.54) is 0 Å². The predicted molar refractivity (Wildman–Crippen MR) is 90.7 cm³/mol. The molecule has 0 aliphatic heterocycles. The lowest BCUT2D eigenvalue weighted by Gasteiger charge is -1.99. The summed E-state index contributed by atoms with van der Waals surface area (Å²) in [5, 5.41) is 7.65. The van der Waals surface area contributed by atoms with Gasteiger partial charge in [0.1, 0.15) is 0 Å². The topological polar surface area (TPSA) is 81.9 Å². The minimum Gasteiger partial charge on any atom is -0.330 e. The van der Waals surface area contributed by atoms with Gasteiger partial charge in [-0.25, -0.2) is 0 Å². The summed E-state index contributed by atoms with van der Waals surface area (Å²) in [5.41, 5.74) is 9.97. The van der Waals surface area contributed by atoms with E-state index < -0.39 is 5.91 Å². The van der Waals surface area contributed by atoms with Crippen LogP contribution in [0.25, 0.3) is 0 Å². The van der Waals surface area contributed by atoms with Crippen LogP contribution >= 0.6 is 0 Å². The molecule has 2 aromatic rings. The van der Waals surface area contributed by atoms with Gasteiger partial charge in [-0.2, -0.15) is 0 Å². The average molecular weight is 309 g/mol. The summed E-state index contributed by atoms with van der Waals surface area (Å²) >= 11 is 0. The van der Waals surface area contributed by atoms with Gasteiger partial charge in [0.05, 0.1) is 0 Å². The first-order valence-electron chi connectivity index (χ1n) is 7.62. The van der Waals surface area contributed by atoms with Crippen LogP contribution in [-0.2, 0) is 6.42 Å². The molecule has 0 aromatic heterocycles. The Kier molecular flexibility index (Phi) is 5.92. The van der Waals surface area contributed by atoms with E-state index in [4.69, 9.17) is 5.73 Å². The van der Waals surface area contributed by atoms with E-state index >= 15 is 0 Å². The second-order valence-corrected chi connectivity index (χ2v) is 5.53. The van der Waals surface area contributed by atoms with Crippen LogP contribution < -0.4 is 10.6 Å². The summed E-state index contributed by atoms with van der Waals surface area (Å²) in [4.78, 5) is 15.7. The Labute approximate surface area is 136 Å². The van der Waals surface area contributed by atoms with Crippen LogP contribution in [0.3, 0.4) is 0 Å². The third kappa shape index (κ3) is 5.25. The number of nitrogens with zero attached hydrogens (tertiary/aromatic N) is 3. The average Bonchev–Trinajstić information content (AvgIpc) is 2.52. The first-order valence-corrected chi connectivity index (χ1v) is 7.62. The number of carbonyl (C=O) groups excluding carboxylic acids is 1. The number of hydrogen-bond donors (Lipinski definition) is 1. The van der Waals surface area contributed by atoms with Crippen LogP contribution in [0.4, 0.5) is 5.69 Å². The molecule has 1 amide bonds. The number of amides is 1. The van der Waals surface area contributed by atoms with E-state index in [2.05, 4.69) is 15.1 Å². The zero-order chi connectivity index (χ0) is 16.7. The molecule has 2 rings (SSSR count). The maximum absolute atomic E-state index is 12.0. The fraction of sp³-hybridized carbons (Fsp3) is 0.278. The van der Waals surface area contributed by atoms with Gasteiger partial charge in [-0.1, -0.05) is 18.2 Å². The minimum absolute atomic E-state index is 0.396. The second-order valence-electron chi connectivity index (χ2n) is 5.53. The Hall–Kier alpha value is -2.62. The molecule has 0 heterocycles. The van der Waals surface area contributed by atoms with Crippen LogP contribution in [-0.4, -0.2) is 12.5 Å². The number of rotatable bonds is 5. The smallest absolute Gasteiger partial charge is 0.330 e. The van der Waals surface area contributed by atoms with E-state index in [0.717, 1.165) is 29.5 Å². The number of carbonyl (C=O) groups is 1. The van der Waals surface area contributed by atoms with E-state index in [1.807, 2.05) is 50.2 Å². The quantitative estimate of drug-likeness (QED) is 0.675. The predicted octanol–water partition coefficient (Wildman–Crippen LogP) is 3.64. The normalized spacial score (nSPS) is 10.0. The van der Waals surface area contributed by atoms with Crippen molar-refractivity contribution in [3.8, 4) is 0 Å². The number of aryl methyl sites for hydroxylation is 3. The van der Waals surface area contributed by atoms with Gasteiger partial charge < -0.3 is 5.73 Å². The van der Waals surface area contributed by atoms with Crippen molar-refractivity contribution in [1.82, 2.24) is 4.91 Å². The van der Waals surface area contributed by atoms with Crippen LogP contribution in [0, 0.1) is 13.8 Å². The van der Waals surface area contributed by atoms with Crippen molar-refractivity contribution in [3.05, 3.63) is 64.7 Å². The van der Waals surface area contributed by atoms with Gasteiger partial charge >= 0.3 is 5.91 Å². The lowest BCUT2D eigenvalue weighted by molar-refractivity contribution is 0.0992. The highest BCUT2D eigenvalue weighted by Gasteiger charge is 2.10. The largest absolute Gasteiger partial charge is 0.360 e. The van der Waals surface area contributed by atoms with Crippen molar-refractivity contribution in [2.24, 2.45) is 16.0 Å². The molecular weight excluding hydrogens is 288 g/mol. The summed E-state index contributed by atoms with van der Waals surface area (Å²) in [6.45, 7) is 4.61. The van der Waals surface area contributed by atoms with Crippen molar-refractivity contribution in [2.75, 3.05) is 6.54 Å². The molecule has 2 N–H and O–H groups in total. The molecule has 5 heteroatoms. The van der Waals surface area contributed by atoms with E-state index in [9.17, 15) is 4.79 Å². The Balaban J connectivity index is 2.13. The zero-order valence-electron chi connectivity index (χ0n) is 13.5. The van der Waals surface area contributed by atoms with Crippen LogP contribution in [0.15, 0.2) is 52.7 Å². The molecule has 0 unspecified atom stereocenters. The maximum Gasteiger partial charge on any atom is 0.360 e. The third-order valence-corrected chi connectivity index (χ3v) is 3.35. The fourth-order valence-electron chi connectivity index (χ4n) is 2.35. The van der Waals surface area contributed by atoms with E-state index in [-0.39, 0.29) is 0 Å². The summed E-state index contributed by atoms with van der Waals surface area (Å²) < 4.78 is 0. The Bertz CT molecular complexity index is 741. The summed E-state index contributed by atoms with van der Waals surface area (Å²) in [5.74, 6) is -0.396. The molecule has 0 saturated heterocycles. The molecule has 5 nitrogen and oxygen atoms in total. The number of benzene rings is 2. The zero-order valence-corrected chi connectivity index (χ0v) is 13.5. The molecule has 0 spiro atoms. The molecule has 0 atom stereocenters. The molecule has 23 heavy (non-hydrogen) atoms. The van der Waals surface area contributed by atoms with E-state index in [1.54, 1.807) is 6.07 Å². The second kappa shape index (κ2) is 8.13. The Morgan fingerprint density at radius 2 is 1.87 bits per heavy atom. The SMILES string of the molecule is Cc1cc(C)cc(N=[N+]=NC(=O)c2cccc(CCCN)c2)c1. The Morgan fingerprint density at radius 3 is 2.57 bits per heavy atom. The number of hydrogen-bond acceptors (Lipinski definition) is 3. The van der Waals surface area contributed by atoms with Crippen molar-refractivity contribution in [3.63, 3.8) is 0 Å². The molecular formula is C18H21N4O+. The first-order chi connectivity index (χ1) is 11.1. The van der Waals surface area contributed by atoms with Gasteiger partial charge in [-0.15, -0.1) is 0 Å². The van der Waals surface area contributed by atoms with Gasteiger partial charge in [-0.3, -0.25) is 4.79 Å². The van der Waals surface area contributed by atoms with Crippen molar-refractivity contribution < 1.29 is 4.79 Å². The van der Waals surface area contributed by atoms with Crippen molar-refractivity contribution in [2.45, 2.75) is 26.7 Å². The van der Waals surface area contributed by atoms with Crippen LogP contribution in [0.2, 0.25) is 0 Å². The highest BCUT2D eigenvalue weighted by molar-refractivity contribution is 5.94. The van der Waals surface area contributed by atoms with Gasteiger partial charge in [0.2, 0.25) is 10.0 Å². The van der Waals surface area contributed by atoms with Gasteiger partial charge in [0.25, 0.3) is 0 Å². The molecule has 0 bridgehead atoms. The lowest BCUT2D eigenvalue weighted by atomic mass is 10.1. The van der Waals surface area contributed by atoms with Gasteiger partial charge in [-0.05, 0) is 74.2 Å². The molecule has 0 aliphatic rings. The van der Waals surface area contributed by atoms with Crippen LogP contribution in [0.5, 0.6) is 0 Å². The monoisotopic (exact) mass is 309 g/mol. The third-order valence-electron chi connectivity index (χ3n) is 3.35. The van der Waals surface area contributed by atoms with Crippen molar-refractivity contribution in [1.29, 1.82) is 0 Å². The Morgan fingerprint density at radius 1 is 1.13 bits per heavy atom. The summed E-state index contributed by atoms with van der Waals surface area (Å²) in [7, 11) is 0. The minimum atomic E-state index is -0.396. The summed E-state index contributed by atoms with van der Waals surface area (Å²) in [6.07, 6.45) is 1.74. The standard InChI is InChI=1S/C18H21N4O/c1-13-9-14(2)11-17(10-13)20-22-21-18(23)16-7-3-5-15(12-16)6-4-8-19/h3,5,7,9-12H,4,6,8,19H2,1-2H3/q+1. The van der Waals surface area contributed by atoms with Crippen LogP contribution in [0.1, 0.15) is 33.5 Å². The summed E-state index contributed by atoms with van der Waals surface area (Å²) in [6, 6.07) is 13.2. The molecule has 0 saturated carbocycles. The highest BCUT2D eigenvalue weighted by atomic mass is 16.1. The van der Waals surface area contributed by atoms with E-state index in [0.29, 0.717) is 17.8 Å². The molecule has 0 radical (unpaired) electrons. The lowest BCUT2D eigenvalue weighted by Crippen LogP contribution is -2.01. The van der Waals surface area contributed by atoms with Crippen molar-refractivity contribution >= 4 is 11.6 Å². The highest BCUT2D eigenvalue weighted by Crippen LogP contribution is 2.15. The first kappa shape index (κ1) is 16.7. The maximum atomic E-state index is 12.0. The molecule has 0 aliphatic carbocycles. The van der Waals surface area contributed by atoms with Gasteiger partial charge in [0.15, 0.2) is 10.8 Å². The number of nitrogens with two attached hydrogens (primary N) is 1. The molecule has 0 fully saturated rings. The fourth-order valence-corrected chi connectivity index (χ4v) is 2.35. The molecule has 118 valence electrons.